The van der Waals surface area contributed by atoms with Crippen molar-refractivity contribution in [1.29, 1.82) is 0 Å². The van der Waals surface area contributed by atoms with Gasteiger partial charge in [-0.05, 0) is 11.4 Å². The maximum atomic E-state index is 11.7. The van der Waals surface area contributed by atoms with Crippen molar-refractivity contribution in [1.82, 2.24) is 10.2 Å². The van der Waals surface area contributed by atoms with Crippen molar-refractivity contribution in [3.05, 3.63) is 21.3 Å². The minimum absolute atomic E-state index is 0.0849. The molecule has 17 heavy (non-hydrogen) atoms. The van der Waals surface area contributed by atoms with Crippen LogP contribution in [-0.4, -0.2) is 50.2 Å². The first-order valence-corrected chi connectivity index (χ1v) is 6.84. The van der Waals surface area contributed by atoms with Gasteiger partial charge in [-0.25, -0.2) is 0 Å². The Bertz CT molecular complexity index is 377. The Balaban J connectivity index is 1.71. The summed E-state index contributed by atoms with van der Waals surface area (Å²) in [6.45, 7) is 4.95. The van der Waals surface area contributed by atoms with Gasteiger partial charge in [-0.3, -0.25) is 9.69 Å². The van der Waals surface area contributed by atoms with E-state index in [1.165, 1.54) is 11.3 Å². The maximum Gasteiger partial charge on any atom is 0.262 e. The van der Waals surface area contributed by atoms with E-state index in [4.69, 9.17) is 16.3 Å². The third-order valence-corrected chi connectivity index (χ3v) is 3.98. The molecule has 1 aliphatic heterocycles. The molecular formula is C11H15ClN2O2S. The topological polar surface area (TPSA) is 41.6 Å². The molecular weight excluding hydrogens is 260 g/mol. The van der Waals surface area contributed by atoms with Crippen LogP contribution in [0.5, 0.6) is 0 Å². The zero-order chi connectivity index (χ0) is 12.1. The summed E-state index contributed by atoms with van der Waals surface area (Å²) in [7, 11) is 0. The summed E-state index contributed by atoms with van der Waals surface area (Å²) in [5.41, 5.74) is 0. The quantitative estimate of drug-likeness (QED) is 0.904. The summed E-state index contributed by atoms with van der Waals surface area (Å²) in [4.78, 5) is 14.6. The number of nitrogens with one attached hydrogen (secondary N) is 1. The van der Waals surface area contributed by atoms with Gasteiger partial charge in [0.05, 0.1) is 18.2 Å². The minimum Gasteiger partial charge on any atom is -0.379 e. The predicted molar refractivity (Wildman–Crippen MR) is 68.9 cm³/mol. The average Bonchev–Trinajstić information content (AvgIpc) is 2.77. The first-order chi connectivity index (χ1) is 8.27. The van der Waals surface area contributed by atoms with Gasteiger partial charge in [-0.1, -0.05) is 11.6 Å². The summed E-state index contributed by atoms with van der Waals surface area (Å²) in [5.74, 6) is -0.0849. The third kappa shape index (κ3) is 3.67. The highest BCUT2D eigenvalue weighted by Gasteiger charge is 2.13. The van der Waals surface area contributed by atoms with Crippen LogP contribution in [0, 0.1) is 0 Å². The summed E-state index contributed by atoms with van der Waals surface area (Å²) < 4.78 is 5.26. The monoisotopic (exact) mass is 274 g/mol. The Kier molecular flexibility index (Phi) is 4.79. The highest BCUT2D eigenvalue weighted by Crippen LogP contribution is 2.21. The van der Waals surface area contributed by atoms with E-state index in [2.05, 4.69) is 10.2 Å². The number of hydrogen-bond donors (Lipinski definition) is 1. The van der Waals surface area contributed by atoms with Crippen LogP contribution in [0.1, 0.15) is 9.67 Å². The van der Waals surface area contributed by atoms with Crippen molar-refractivity contribution >= 4 is 28.8 Å². The molecule has 94 valence electrons. The number of amides is 1. The second-order valence-corrected chi connectivity index (χ2v) is 5.13. The second kappa shape index (κ2) is 6.35. The number of rotatable bonds is 4. The lowest BCUT2D eigenvalue weighted by molar-refractivity contribution is 0.0383. The van der Waals surface area contributed by atoms with Crippen LogP contribution in [0.15, 0.2) is 11.4 Å². The van der Waals surface area contributed by atoms with E-state index in [0.717, 1.165) is 32.8 Å². The molecule has 1 aliphatic rings. The molecule has 0 atom stereocenters. The normalized spacial score (nSPS) is 17.0. The highest BCUT2D eigenvalue weighted by atomic mass is 35.5. The fourth-order valence-corrected chi connectivity index (χ4v) is 2.75. The number of hydrogen-bond acceptors (Lipinski definition) is 4. The van der Waals surface area contributed by atoms with E-state index in [0.29, 0.717) is 16.4 Å². The second-order valence-electron chi connectivity index (χ2n) is 3.81. The highest BCUT2D eigenvalue weighted by molar-refractivity contribution is 7.12. The number of nitrogens with zero attached hydrogens (tertiary/aromatic N) is 1. The molecule has 1 fully saturated rings. The average molecular weight is 275 g/mol. The van der Waals surface area contributed by atoms with Crippen molar-refractivity contribution in [3.8, 4) is 0 Å². The summed E-state index contributed by atoms with van der Waals surface area (Å²) in [5, 5.41) is 5.22. The molecule has 2 rings (SSSR count). The lowest BCUT2D eigenvalue weighted by atomic mass is 10.4. The molecule has 0 bridgehead atoms. The van der Waals surface area contributed by atoms with Gasteiger partial charge < -0.3 is 10.1 Å². The van der Waals surface area contributed by atoms with Gasteiger partial charge in [-0.15, -0.1) is 11.3 Å². The van der Waals surface area contributed by atoms with Crippen molar-refractivity contribution in [2.24, 2.45) is 0 Å². The molecule has 0 saturated carbocycles. The molecule has 0 spiro atoms. The van der Waals surface area contributed by atoms with E-state index < -0.39 is 0 Å². The maximum absolute atomic E-state index is 11.7. The zero-order valence-electron chi connectivity index (χ0n) is 9.45. The molecule has 0 aromatic carbocycles. The fourth-order valence-electron chi connectivity index (χ4n) is 1.69. The van der Waals surface area contributed by atoms with Gasteiger partial charge in [0, 0.05) is 26.2 Å². The summed E-state index contributed by atoms with van der Waals surface area (Å²) >= 11 is 7.25. The molecule has 2 heterocycles. The van der Waals surface area contributed by atoms with Crippen molar-refractivity contribution < 1.29 is 9.53 Å². The van der Waals surface area contributed by atoms with Crippen LogP contribution < -0.4 is 5.32 Å². The van der Waals surface area contributed by atoms with E-state index >= 15 is 0 Å². The Labute approximate surface area is 110 Å². The fraction of sp³-hybridized carbons (Fsp3) is 0.545. The largest absolute Gasteiger partial charge is 0.379 e. The van der Waals surface area contributed by atoms with Crippen LogP contribution in [-0.2, 0) is 4.74 Å². The Morgan fingerprint density at radius 3 is 2.94 bits per heavy atom. The molecule has 4 nitrogen and oxygen atoms in total. The van der Waals surface area contributed by atoms with Crippen LogP contribution in [0.2, 0.25) is 5.02 Å². The number of carbonyl (C=O) groups excluding carboxylic acids is 1. The smallest absolute Gasteiger partial charge is 0.262 e. The van der Waals surface area contributed by atoms with Crippen LogP contribution in [0.4, 0.5) is 0 Å². The molecule has 0 unspecified atom stereocenters. The molecule has 0 aliphatic carbocycles. The lowest BCUT2D eigenvalue weighted by Gasteiger charge is -2.26. The van der Waals surface area contributed by atoms with Crippen LogP contribution >= 0.6 is 22.9 Å². The lowest BCUT2D eigenvalue weighted by Crippen LogP contribution is -2.41. The molecule has 0 radical (unpaired) electrons. The SMILES string of the molecule is O=C(NCCN1CCOCC1)c1sccc1Cl. The third-order valence-electron chi connectivity index (χ3n) is 2.64. The zero-order valence-corrected chi connectivity index (χ0v) is 11.0. The molecule has 1 aromatic heterocycles. The van der Waals surface area contributed by atoms with Crippen LogP contribution in [0.3, 0.4) is 0 Å². The van der Waals surface area contributed by atoms with E-state index in [9.17, 15) is 4.79 Å². The van der Waals surface area contributed by atoms with Crippen LogP contribution in [0.25, 0.3) is 0 Å². The Morgan fingerprint density at radius 1 is 1.53 bits per heavy atom. The van der Waals surface area contributed by atoms with Gasteiger partial charge in [0.15, 0.2) is 0 Å². The summed E-state index contributed by atoms with van der Waals surface area (Å²) in [6, 6.07) is 1.74. The van der Waals surface area contributed by atoms with Crippen molar-refractivity contribution in [2.45, 2.75) is 0 Å². The van der Waals surface area contributed by atoms with Gasteiger partial charge in [0.1, 0.15) is 4.88 Å². The Morgan fingerprint density at radius 2 is 2.29 bits per heavy atom. The van der Waals surface area contributed by atoms with Crippen molar-refractivity contribution in [2.75, 3.05) is 39.4 Å². The molecule has 6 heteroatoms. The molecule has 1 amide bonds. The van der Waals surface area contributed by atoms with E-state index in [1.807, 2.05) is 5.38 Å². The first kappa shape index (κ1) is 12.8. The van der Waals surface area contributed by atoms with Gasteiger partial charge in [0.25, 0.3) is 5.91 Å². The molecule has 1 saturated heterocycles. The number of halogens is 1. The number of thiophene rings is 1. The number of carbonyl (C=O) groups is 1. The summed E-state index contributed by atoms with van der Waals surface area (Å²) in [6.07, 6.45) is 0. The molecule has 1 N–H and O–H groups in total. The Hall–Kier alpha value is -0.620. The first-order valence-electron chi connectivity index (χ1n) is 5.58. The van der Waals surface area contributed by atoms with Crippen molar-refractivity contribution in [3.63, 3.8) is 0 Å². The van der Waals surface area contributed by atoms with Gasteiger partial charge in [0.2, 0.25) is 0 Å². The number of ether oxygens (including phenoxy) is 1. The molecule has 1 aromatic rings. The van der Waals surface area contributed by atoms with E-state index in [1.54, 1.807) is 6.07 Å². The van der Waals surface area contributed by atoms with Gasteiger partial charge in [-0.2, -0.15) is 0 Å². The standard InChI is InChI=1S/C11H15ClN2O2S/c12-9-1-8-17-10(9)11(15)13-2-3-14-4-6-16-7-5-14/h1,8H,2-7H2,(H,13,15). The van der Waals surface area contributed by atoms with Gasteiger partial charge >= 0.3 is 0 Å². The van der Waals surface area contributed by atoms with E-state index in [-0.39, 0.29) is 5.91 Å². The minimum atomic E-state index is -0.0849. The predicted octanol–water partition coefficient (Wildman–Crippen LogP) is 1.46. The number of morpholine rings is 1.